The van der Waals surface area contributed by atoms with Crippen LogP contribution in [0.4, 0.5) is 5.95 Å². The van der Waals surface area contributed by atoms with Crippen LogP contribution in [0, 0.1) is 0 Å². The number of primary amides is 1. The van der Waals surface area contributed by atoms with Gasteiger partial charge in [0.15, 0.2) is 6.23 Å². The highest BCUT2D eigenvalue weighted by atomic mass is 16.6. The van der Waals surface area contributed by atoms with Gasteiger partial charge in [-0.15, -0.1) is 0 Å². The van der Waals surface area contributed by atoms with E-state index in [9.17, 15) is 20.1 Å². The monoisotopic (exact) mass is 363 g/mol. The normalized spacial score (nSPS) is 28.9. The van der Waals surface area contributed by atoms with E-state index in [1.165, 1.54) is 23.6 Å². The molecule has 1 saturated heterocycles. The number of carbonyl (C=O) groups excluding carboxylic acids is 1. The number of aromatic nitrogens is 3. The van der Waals surface area contributed by atoms with Crippen molar-refractivity contribution in [2.24, 2.45) is 5.73 Å². The Morgan fingerprint density at radius 2 is 2.31 bits per heavy atom. The van der Waals surface area contributed by atoms with E-state index in [1.807, 2.05) is 0 Å². The fourth-order valence-corrected chi connectivity index (χ4v) is 3.05. The lowest BCUT2D eigenvalue weighted by atomic mass is 9.96. The van der Waals surface area contributed by atoms with E-state index in [-0.39, 0.29) is 0 Å². The number of nitrogens with zero attached hydrogens (tertiary/aromatic N) is 3. The quantitative estimate of drug-likeness (QED) is 0.422. The van der Waals surface area contributed by atoms with Crippen LogP contribution in [-0.2, 0) is 9.53 Å². The maximum atomic E-state index is 11.1. The van der Waals surface area contributed by atoms with E-state index in [0.29, 0.717) is 22.5 Å². The minimum Gasteiger partial charge on any atom is -0.394 e. The summed E-state index contributed by atoms with van der Waals surface area (Å²) in [5.74, 6) is -0.266. The van der Waals surface area contributed by atoms with Gasteiger partial charge in [-0.2, -0.15) is 4.98 Å². The van der Waals surface area contributed by atoms with E-state index in [0.717, 1.165) is 0 Å². The van der Waals surface area contributed by atoms with E-state index in [2.05, 4.69) is 15.3 Å². The maximum absolute atomic E-state index is 11.1. The number of fused-ring (bicyclic) bond motifs is 1. The van der Waals surface area contributed by atoms with E-state index >= 15 is 0 Å². The molecule has 1 amide bonds. The molecule has 140 valence electrons. The molecule has 10 heteroatoms. The van der Waals surface area contributed by atoms with Crippen molar-refractivity contribution in [3.8, 4) is 0 Å². The van der Waals surface area contributed by atoms with E-state index in [1.54, 1.807) is 19.4 Å². The van der Waals surface area contributed by atoms with Gasteiger partial charge in [0.25, 0.3) is 0 Å². The van der Waals surface area contributed by atoms with Crippen molar-refractivity contribution in [2.45, 2.75) is 31.0 Å². The van der Waals surface area contributed by atoms with Gasteiger partial charge in [-0.25, -0.2) is 4.98 Å². The number of rotatable bonds is 5. The minimum absolute atomic E-state index is 0.346. The van der Waals surface area contributed by atoms with Crippen LogP contribution in [0.5, 0.6) is 0 Å². The molecule has 0 bridgehead atoms. The van der Waals surface area contributed by atoms with Crippen molar-refractivity contribution in [3.63, 3.8) is 0 Å². The molecule has 26 heavy (non-hydrogen) atoms. The lowest BCUT2D eigenvalue weighted by Crippen LogP contribution is -2.44. The second kappa shape index (κ2) is 6.65. The Morgan fingerprint density at radius 1 is 1.58 bits per heavy atom. The molecule has 1 aliphatic rings. The summed E-state index contributed by atoms with van der Waals surface area (Å²) in [7, 11) is 1.66. The Kier molecular flexibility index (Phi) is 4.67. The Morgan fingerprint density at radius 3 is 2.88 bits per heavy atom. The zero-order chi connectivity index (χ0) is 19.1. The lowest BCUT2D eigenvalue weighted by molar-refractivity contribution is -0.113. The Hall–Kier alpha value is -2.53. The number of nitrogens with two attached hydrogens (primary N) is 1. The standard InChI is InChI=1S/C16H21N5O5/c1-16(25)12(24)10(7-22)26-14(16)21-6-8(3-4-11(17)23)9-5-19-15(18-2)20-13(9)21/h3-6,10,12,14,22,24-25H,7H2,1-2H3,(H2,17,23)(H,18,19,20)/b4-3+/t10-,12-,14-,16-/m1/s1. The van der Waals surface area contributed by atoms with Gasteiger partial charge in [0.1, 0.15) is 23.5 Å². The van der Waals surface area contributed by atoms with Crippen LogP contribution in [0.2, 0.25) is 0 Å². The average molecular weight is 363 g/mol. The van der Waals surface area contributed by atoms with Crippen molar-refractivity contribution in [2.75, 3.05) is 19.0 Å². The Bertz CT molecular complexity index is 862. The molecule has 1 fully saturated rings. The summed E-state index contributed by atoms with van der Waals surface area (Å²) in [6.45, 7) is 0.973. The van der Waals surface area contributed by atoms with Crippen LogP contribution in [-0.4, -0.2) is 67.2 Å². The number of aliphatic hydroxyl groups is 3. The summed E-state index contributed by atoms with van der Waals surface area (Å²) in [6.07, 6.45) is 2.65. The van der Waals surface area contributed by atoms with Crippen LogP contribution < -0.4 is 11.1 Å². The molecule has 3 rings (SSSR count). The molecule has 2 aromatic heterocycles. The van der Waals surface area contributed by atoms with Crippen LogP contribution in [0.15, 0.2) is 18.5 Å². The second-order valence-corrected chi connectivity index (χ2v) is 6.29. The topological polar surface area (TPSA) is 156 Å². The highest BCUT2D eigenvalue weighted by molar-refractivity contribution is 5.94. The zero-order valence-corrected chi connectivity index (χ0v) is 14.3. The SMILES string of the molecule is CNc1ncc2c(/C=C/C(N)=O)cn([C@@H]3O[C@H](CO)[C@@H](O)[C@@]3(C)O)c2n1. The average Bonchev–Trinajstić information content (AvgIpc) is 3.07. The van der Waals surface area contributed by atoms with Gasteiger partial charge < -0.3 is 35.7 Å². The summed E-state index contributed by atoms with van der Waals surface area (Å²) in [5.41, 5.74) is 4.49. The first-order valence-electron chi connectivity index (χ1n) is 7.99. The van der Waals surface area contributed by atoms with Crippen molar-refractivity contribution < 1.29 is 24.9 Å². The van der Waals surface area contributed by atoms with Crippen molar-refractivity contribution in [1.82, 2.24) is 14.5 Å². The van der Waals surface area contributed by atoms with Crippen LogP contribution in [0.25, 0.3) is 17.1 Å². The van der Waals surface area contributed by atoms with Gasteiger partial charge in [0.2, 0.25) is 11.9 Å². The molecule has 2 aromatic rings. The molecular weight excluding hydrogens is 342 g/mol. The first kappa shape index (κ1) is 18.3. The van der Waals surface area contributed by atoms with Gasteiger partial charge in [-0.05, 0) is 13.0 Å². The molecule has 0 aromatic carbocycles. The molecule has 3 heterocycles. The Labute approximate surface area is 148 Å². The summed E-state index contributed by atoms with van der Waals surface area (Å²) < 4.78 is 7.20. The van der Waals surface area contributed by atoms with Crippen LogP contribution in [0.3, 0.4) is 0 Å². The molecule has 0 aliphatic carbocycles. The molecular formula is C16H21N5O5. The molecule has 0 unspecified atom stereocenters. The number of amides is 1. The first-order valence-corrected chi connectivity index (χ1v) is 7.99. The Balaban J connectivity index is 2.17. The van der Waals surface area contributed by atoms with Crippen molar-refractivity contribution in [1.29, 1.82) is 0 Å². The summed E-state index contributed by atoms with van der Waals surface area (Å²) in [6, 6.07) is 0. The highest BCUT2D eigenvalue weighted by Crippen LogP contribution is 2.40. The maximum Gasteiger partial charge on any atom is 0.241 e. The third kappa shape index (κ3) is 2.92. The molecule has 0 radical (unpaired) electrons. The molecule has 0 spiro atoms. The number of nitrogens with one attached hydrogen (secondary N) is 1. The van der Waals surface area contributed by atoms with Gasteiger partial charge in [-0.3, -0.25) is 4.79 Å². The largest absolute Gasteiger partial charge is 0.394 e. The minimum atomic E-state index is -1.67. The van der Waals surface area contributed by atoms with Gasteiger partial charge in [-0.1, -0.05) is 0 Å². The summed E-state index contributed by atoms with van der Waals surface area (Å²) >= 11 is 0. The predicted molar refractivity (Wildman–Crippen MR) is 92.9 cm³/mol. The summed E-state index contributed by atoms with van der Waals surface area (Å²) in [5, 5.41) is 33.8. The first-order chi connectivity index (χ1) is 12.3. The van der Waals surface area contributed by atoms with Crippen molar-refractivity contribution in [3.05, 3.63) is 24.0 Å². The predicted octanol–water partition coefficient (Wildman–Crippen LogP) is -1.03. The van der Waals surface area contributed by atoms with Crippen LogP contribution in [0.1, 0.15) is 18.7 Å². The van der Waals surface area contributed by atoms with Gasteiger partial charge >= 0.3 is 0 Å². The molecule has 1 aliphatic heterocycles. The van der Waals surface area contributed by atoms with Gasteiger partial charge in [0.05, 0.1) is 6.61 Å². The molecule has 0 saturated carbocycles. The number of ether oxygens (including phenoxy) is 1. The van der Waals surface area contributed by atoms with Gasteiger partial charge in [0, 0.05) is 36.5 Å². The number of hydrogen-bond donors (Lipinski definition) is 5. The molecule has 6 N–H and O–H groups in total. The zero-order valence-electron chi connectivity index (χ0n) is 14.3. The van der Waals surface area contributed by atoms with Crippen LogP contribution >= 0.6 is 0 Å². The van der Waals surface area contributed by atoms with Crippen molar-refractivity contribution >= 4 is 29.0 Å². The number of hydrogen-bond acceptors (Lipinski definition) is 8. The smallest absolute Gasteiger partial charge is 0.241 e. The summed E-state index contributed by atoms with van der Waals surface area (Å²) in [4.78, 5) is 19.6. The van der Waals surface area contributed by atoms with E-state index in [4.69, 9.17) is 10.5 Å². The van der Waals surface area contributed by atoms with E-state index < -0.39 is 36.6 Å². The second-order valence-electron chi connectivity index (χ2n) is 6.29. The molecule has 10 nitrogen and oxygen atoms in total. The highest BCUT2D eigenvalue weighted by Gasteiger charge is 2.53. The lowest BCUT2D eigenvalue weighted by Gasteiger charge is -2.27. The number of aliphatic hydroxyl groups excluding tert-OH is 2. The fourth-order valence-electron chi connectivity index (χ4n) is 3.05. The third-order valence-corrected chi connectivity index (χ3v) is 4.44. The number of anilines is 1. The fraction of sp³-hybridized carbons (Fsp3) is 0.438. The third-order valence-electron chi connectivity index (χ3n) is 4.44. The molecule has 4 atom stereocenters. The number of carbonyl (C=O) groups is 1.